The molecule has 0 saturated carbocycles. The molecule has 15 heavy (non-hydrogen) atoms. The Morgan fingerprint density at radius 3 is 2.87 bits per heavy atom. The average Bonchev–Trinajstić information content (AvgIpc) is 2.56. The summed E-state index contributed by atoms with van der Waals surface area (Å²) in [5.41, 5.74) is 7.69. The highest BCUT2D eigenvalue weighted by atomic mass is 16.4. The highest BCUT2D eigenvalue weighted by Gasteiger charge is 2.12. The van der Waals surface area contributed by atoms with Crippen LogP contribution < -0.4 is 5.73 Å². The van der Waals surface area contributed by atoms with Crippen LogP contribution in [0.25, 0.3) is 10.9 Å². The number of carboxylic acid groups (broad SMARTS) is 1. The van der Waals surface area contributed by atoms with Gasteiger partial charge in [0.25, 0.3) is 0 Å². The first-order valence-corrected chi connectivity index (χ1v) is 4.65. The van der Waals surface area contributed by atoms with Crippen LogP contribution in [-0.2, 0) is 13.6 Å². The monoisotopic (exact) mass is 204 g/mol. The zero-order chi connectivity index (χ0) is 11.0. The fourth-order valence-electron chi connectivity index (χ4n) is 1.74. The Morgan fingerprint density at radius 2 is 2.27 bits per heavy atom. The summed E-state index contributed by atoms with van der Waals surface area (Å²) in [5, 5.41) is 9.76. The van der Waals surface area contributed by atoms with E-state index in [1.165, 1.54) is 0 Å². The maximum atomic E-state index is 11.0. The third-order valence-corrected chi connectivity index (χ3v) is 2.52. The highest BCUT2D eigenvalue weighted by Crippen LogP contribution is 2.21. The molecule has 0 saturated heterocycles. The Bertz CT molecular complexity index is 529. The van der Waals surface area contributed by atoms with Crippen LogP contribution in [0, 0.1) is 0 Å². The van der Waals surface area contributed by atoms with Crippen molar-refractivity contribution in [3.05, 3.63) is 35.5 Å². The third kappa shape index (κ3) is 1.49. The van der Waals surface area contributed by atoms with Gasteiger partial charge in [0.1, 0.15) is 0 Å². The maximum absolute atomic E-state index is 11.0. The summed E-state index contributed by atoms with van der Waals surface area (Å²) in [6, 6.07) is 5.64. The van der Waals surface area contributed by atoms with Gasteiger partial charge in [-0.2, -0.15) is 0 Å². The lowest BCUT2D eigenvalue weighted by Gasteiger charge is -1.99. The maximum Gasteiger partial charge on any atom is 0.337 e. The van der Waals surface area contributed by atoms with E-state index >= 15 is 0 Å². The van der Waals surface area contributed by atoms with Crippen LogP contribution >= 0.6 is 0 Å². The van der Waals surface area contributed by atoms with Crippen LogP contribution in [0.5, 0.6) is 0 Å². The fourth-order valence-corrected chi connectivity index (χ4v) is 1.74. The van der Waals surface area contributed by atoms with Crippen LogP contribution in [0.15, 0.2) is 24.4 Å². The summed E-state index contributed by atoms with van der Waals surface area (Å²) in [6.07, 6.45) is 1.62. The van der Waals surface area contributed by atoms with Crippen molar-refractivity contribution in [3.8, 4) is 0 Å². The van der Waals surface area contributed by atoms with Gasteiger partial charge in [-0.05, 0) is 17.7 Å². The standard InChI is InChI=1S/C11H12N2O2/c1-13-6-9(11(14)15)8-4-7(5-12)2-3-10(8)13/h2-4,6H,5,12H2,1H3,(H,14,15). The van der Waals surface area contributed by atoms with Crippen molar-refractivity contribution in [2.24, 2.45) is 12.8 Å². The normalized spacial score (nSPS) is 10.8. The lowest BCUT2D eigenvalue weighted by molar-refractivity contribution is 0.0699. The van der Waals surface area contributed by atoms with Gasteiger partial charge in [0.2, 0.25) is 0 Å². The quantitative estimate of drug-likeness (QED) is 0.775. The molecule has 1 heterocycles. The summed E-state index contributed by atoms with van der Waals surface area (Å²) in [4.78, 5) is 11.0. The van der Waals surface area contributed by atoms with Gasteiger partial charge in [-0.25, -0.2) is 4.79 Å². The number of hydrogen-bond donors (Lipinski definition) is 2. The van der Waals surface area contributed by atoms with Crippen molar-refractivity contribution in [1.82, 2.24) is 4.57 Å². The predicted octanol–water partition coefficient (Wildman–Crippen LogP) is 1.34. The minimum absolute atomic E-state index is 0.322. The molecule has 0 unspecified atom stereocenters. The Balaban J connectivity index is 2.77. The average molecular weight is 204 g/mol. The number of aromatic nitrogens is 1. The molecule has 0 amide bonds. The van der Waals surface area contributed by atoms with Gasteiger partial charge >= 0.3 is 5.97 Å². The van der Waals surface area contributed by atoms with Gasteiger partial charge in [0.05, 0.1) is 5.56 Å². The number of fused-ring (bicyclic) bond motifs is 1. The number of rotatable bonds is 2. The first-order valence-electron chi connectivity index (χ1n) is 4.65. The van der Waals surface area contributed by atoms with Crippen LogP contribution in [0.1, 0.15) is 15.9 Å². The molecule has 3 N–H and O–H groups in total. The number of carbonyl (C=O) groups is 1. The van der Waals surface area contributed by atoms with Crippen LogP contribution in [-0.4, -0.2) is 15.6 Å². The zero-order valence-corrected chi connectivity index (χ0v) is 8.40. The molecular weight excluding hydrogens is 192 g/mol. The summed E-state index contributed by atoms with van der Waals surface area (Å²) < 4.78 is 1.80. The van der Waals surface area contributed by atoms with E-state index in [1.54, 1.807) is 10.8 Å². The van der Waals surface area contributed by atoms with E-state index in [2.05, 4.69) is 0 Å². The van der Waals surface area contributed by atoms with Crippen molar-refractivity contribution >= 4 is 16.9 Å². The lowest BCUT2D eigenvalue weighted by atomic mass is 10.1. The molecule has 2 aromatic rings. The molecule has 0 fully saturated rings. The predicted molar refractivity (Wildman–Crippen MR) is 57.8 cm³/mol. The summed E-state index contributed by atoms with van der Waals surface area (Å²) in [5.74, 6) is -0.908. The lowest BCUT2D eigenvalue weighted by Crippen LogP contribution is -1.97. The number of nitrogens with two attached hydrogens (primary N) is 1. The van der Waals surface area contributed by atoms with Crippen molar-refractivity contribution in [1.29, 1.82) is 0 Å². The third-order valence-electron chi connectivity index (χ3n) is 2.52. The van der Waals surface area contributed by atoms with E-state index in [-0.39, 0.29) is 0 Å². The molecule has 0 aliphatic carbocycles. The molecule has 4 nitrogen and oxygen atoms in total. The number of nitrogens with zero attached hydrogens (tertiary/aromatic N) is 1. The number of aromatic carboxylic acids is 1. The zero-order valence-electron chi connectivity index (χ0n) is 8.40. The SMILES string of the molecule is Cn1cc(C(=O)O)c2cc(CN)ccc21. The van der Waals surface area contributed by atoms with Gasteiger partial charge in [-0.1, -0.05) is 6.07 Å². The summed E-state index contributed by atoms with van der Waals surface area (Å²) >= 11 is 0. The Morgan fingerprint density at radius 1 is 1.53 bits per heavy atom. The van der Waals surface area contributed by atoms with Gasteiger partial charge in [-0.15, -0.1) is 0 Å². The molecule has 1 aromatic heterocycles. The molecule has 0 radical (unpaired) electrons. The van der Waals surface area contributed by atoms with Crippen LogP contribution in [0.2, 0.25) is 0 Å². The second-order valence-electron chi connectivity index (χ2n) is 3.51. The highest BCUT2D eigenvalue weighted by molar-refractivity contribution is 6.03. The summed E-state index contributed by atoms with van der Waals surface area (Å²) in [7, 11) is 1.83. The Labute approximate surface area is 86.9 Å². The van der Waals surface area contributed by atoms with Crippen molar-refractivity contribution in [3.63, 3.8) is 0 Å². The van der Waals surface area contributed by atoms with Crippen molar-refractivity contribution in [2.75, 3.05) is 0 Å². The largest absolute Gasteiger partial charge is 0.478 e. The smallest absolute Gasteiger partial charge is 0.337 e. The summed E-state index contributed by atoms with van der Waals surface area (Å²) in [6.45, 7) is 0.421. The molecular formula is C11H12N2O2. The molecule has 0 spiro atoms. The van der Waals surface area contributed by atoms with E-state index in [4.69, 9.17) is 10.8 Å². The van der Waals surface area contributed by atoms with E-state index in [1.807, 2.05) is 25.2 Å². The molecule has 0 aliphatic heterocycles. The number of benzene rings is 1. The van der Waals surface area contributed by atoms with Gasteiger partial charge < -0.3 is 15.4 Å². The second kappa shape index (κ2) is 3.40. The number of aryl methyl sites for hydroxylation is 1. The molecule has 1 aromatic carbocycles. The Hall–Kier alpha value is -1.81. The van der Waals surface area contributed by atoms with Crippen LogP contribution in [0.3, 0.4) is 0 Å². The van der Waals surface area contributed by atoms with Gasteiger partial charge in [-0.3, -0.25) is 0 Å². The molecule has 0 atom stereocenters. The second-order valence-corrected chi connectivity index (χ2v) is 3.51. The minimum atomic E-state index is -0.908. The molecule has 78 valence electrons. The Kier molecular flexibility index (Phi) is 2.21. The van der Waals surface area contributed by atoms with Gasteiger partial charge in [0.15, 0.2) is 0 Å². The first kappa shape index (κ1) is 9.73. The van der Waals surface area contributed by atoms with E-state index < -0.39 is 5.97 Å². The molecule has 2 rings (SSSR count). The number of hydrogen-bond acceptors (Lipinski definition) is 2. The van der Waals surface area contributed by atoms with Crippen molar-refractivity contribution in [2.45, 2.75) is 6.54 Å². The van der Waals surface area contributed by atoms with Crippen LogP contribution in [0.4, 0.5) is 0 Å². The molecule has 0 bridgehead atoms. The van der Waals surface area contributed by atoms with Gasteiger partial charge in [0, 0.05) is 30.7 Å². The van der Waals surface area contributed by atoms with E-state index in [9.17, 15) is 4.79 Å². The van der Waals surface area contributed by atoms with E-state index in [0.29, 0.717) is 12.1 Å². The molecule has 0 aliphatic rings. The van der Waals surface area contributed by atoms with E-state index in [0.717, 1.165) is 16.5 Å². The first-order chi connectivity index (χ1) is 7.13. The topological polar surface area (TPSA) is 68.2 Å². The fraction of sp³-hybridized carbons (Fsp3) is 0.182. The molecule has 4 heteroatoms. The van der Waals surface area contributed by atoms with Crippen molar-refractivity contribution < 1.29 is 9.90 Å². The minimum Gasteiger partial charge on any atom is -0.478 e. The number of carboxylic acids is 1.